The van der Waals surface area contributed by atoms with Crippen molar-refractivity contribution in [3.05, 3.63) is 5.82 Å². The Labute approximate surface area is 176 Å². The Bertz CT molecular complexity index is 726. The zero-order chi connectivity index (χ0) is 21.6. The van der Waals surface area contributed by atoms with Gasteiger partial charge in [-0.15, -0.1) is 0 Å². The lowest BCUT2D eigenvalue weighted by molar-refractivity contribution is -0.134. The van der Waals surface area contributed by atoms with Gasteiger partial charge in [-0.1, -0.05) is 63.9 Å². The highest BCUT2D eigenvalue weighted by atomic mass is 32.2. The quantitative estimate of drug-likeness (QED) is 0.462. The van der Waals surface area contributed by atoms with Gasteiger partial charge in [0.2, 0.25) is 23.4 Å². The summed E-state index contributed by atoms with van der Waals surface area (Å²) in [6.07, 6.45) is 4.33. The maximum atomic E-state index is 13.2. The second-order valence-electron chi connectivity index (χ2n) is 8.39. The molecule has 1 aliphatic carbocycles. The van der Waals surface area contributed by atoms with Crippen LogP contribution in [0, 0.1) is 5.92 Å². The summed E-state index contributed by atoms with van der Waals surface area (Å²) in [5.74, 6) is -0.797. The smallest absolute Gasteiger partial charge is 0.286 e. The van der Waals surface area contributed by atoms with Crippen molar-refractivity contribution in [2.75, 3.05) is 0 Å². The Morgan fingerprint density at radius 3 is 2.34 bits per heavy atom. The first-order chi connectivity index (χ1) is 13.6. The van der Waals surface area contributed by atoms with Gasteiger partial charge < -0.3 is 15.2 Å². The average molecular weight is 425 g/mol. The van der Waals surface area contributed by atoms with E-state index in [4.69, 9.17) is 4.52 Å². The summed E-state index contributed by atoms with van der Waals surface area (Å²) in [6, 6.07) is -0.774. The number of hydrogen-bond donors (Lipinski definition) is 2. The van der Waals surface area contributed by atoms with Gasteiger partial charge in [0.1, 0.15) is 5.54 Å². The molecule has 29 heavy (non-hydrogen) atoms. The Hall–Kier alpha value is -1.90. The van der Waals surface area contributed by atoms with Crippen LogP contribution in [0.25, 0.3) is 0 Å². The summed E-state index contributed by atoms with van der Waals surface area (Å²) < 4.78 is 5.16. The number of hydrogen-bond acceptors (Lipinski definition) is 7. The SMILES string of the molecule is CC(=O)NC1(C(=O)N[C@@H](CC(C)C)C(=O)c2noc(SC(C)C)n2)CCCCC1. The van der Waals surface area contributed by atoms with Gasteiger partial charge in [-0.05, 0) is 25.2 Å². The zero-order valence-electron chi connectivity index (χ0n) is 17.9. The molecule has 2 amide bonds. The summed E-state index contributed by atoms with van der Waals surface area (Å²) in [7, 11) is 0. The molecule has 0 unspecified atom stereocenters. The monoisotopic (exact) mass is 424 g/mol. The van der Waals surface area contributed by atoms with Crippen LogP contribution in [0.3, 0.4) is 0 Å². The van der Waals surface area contributed by atoms with Gasteiger partial charge in [0.05, 0.1) is 6.04 Å². The van der Waals surface area contributed by atoms with Gasteiger partial charge in [0, 0.05) is 12.2 Å². The Morgan fingerprint density at radius 1 is 1.14 bits per heavy atom. The van der Waals surface area contributed by atoms with Crippen LogP contribution < -0.4 is 10.6 Å². The highest BCUT2D eigenvalue weighted by Gasteiger charge is 2.42. The van der Waals surface area contributed by atoms with E-state index in [1.54, 1.807) is 0 Å². The van der Waals surface area contributed by atoms with Gasteiger partial charge in [-0.2, -0.15) is 4.98 Å². The number of ketones is 1. The van der Waals surface area contributed by atoms with E-state index in [1.807, 2.05) is 27.7 Å². The molecule has 1 fully saturated rings. The third-order valence-electron chi connectivity index (χ3n) is 4.85. The van der Waals surface area contributed by atoms with Crippen LogP contribution >= 0.6 is 11.8 Å². The number of thioether (sulfide) groups is 1. The molecule has 2 rings (SSSR count). The number of aromatic nitrogens is 2. The standard InChI is InChI=1S/C20H32N4O4S/c1-12(2)11-15(16(26)17-22-19(28-24-17)29-13(3)4)21-18(27)20(23-14(5)25)9-7-6-8-10-20/h12-13,15H,6-11H2,1-5H3,(H,21,27)(H,23,25)/t15-/m0/s1. The van der Waals surface area contributed by atoms with Gasteiger partial charge >= 0.3 is 0 Å². The van der Waals surface area contributed by atoms with Crippen LogP contribution in [0.1, 0.15) is 83.8 Å². The van der Waals surface area contributed by atoms with E-state index in [0.717, 1.165) is 19.3 Å². The third-order valence-corrected chi connectivity index (χ3v) is 5.69. The van der Waals surface area contributed by atoms with Gasteiger partial charge in [-0.3, -0.25) is 14.4 Å². The molecule has 1 atom stereocenters. The number of rotatable bonds is 9. The van der Waals surface area contributed by atoms with Crippen molar-refractivity contribution in [1.82, 2.24) is 20.8 Å². The summed E-state index contributed by atoms with van der Waals surface area (Å²) in [5, 5.41) is 10.1. The third kappa shape index (κ3) is 6.55. The Balaban J connectivity index is 2.20. The molecular weight excluding hydrogens is 392 g/mol. The van der Waals surface area contributed by atoms with Crippen LogP contribution in [0.15, 0.2) is 9.75 Å². The number of carbonyl (C=O) groups is 3. The lowest BCUT2D eigenvalue weighted by Gasteiger charge is -2.37. The van der Waals surface area contributed by atoms with Crippen LogP contribution in [-0.4, -0.2) is 44.6 Å². The second kappa shape index (κ2) is 10.2. The molecule has 1 aliphatic rings. The molecule has 0 bridgehead atoms. The van der Waals surface area contributed by atoms with Gasteiger partial charge in [-0.25, -0.2) is 0 Å². The molecule has 8 nitrogen and oxygen atoms in total. The normalized spacial score (nSPS) is 17.2. The van der Waals surface area contributed by atoms with E-state index in [9.17, 15) is 14.4 Å². The molecule has 9 heteroatoms. The number of nitrogens with zero attached hydrogens (tertiary/aromatic N) is 2. The topological polar surface area (TPSA) is 114 Å². The molecule has 162 valence electrons. The number of amides is 2. The summed E-state index contributed by atoms with van der Waals surface area (Å²) in [6.45, 7) is 9.35. The summed E-state index contributed by atoms with van der Waals surface area (Å²) in [4.78, 5) is 42.1. The number of Topliss-reactive ketones (excluding diaryl/α,β-unsaturated/α-hetero) is 1. The molecular formula is C20H32N4O4S. The predicted molar refractivity (Wildman–Crippen MR) is 111 cm³/mol. The van der Waals surface area contributed by atoms with Crippen molar-refractivity contribution in [3.63, 3.8) is 0 Å². The van der Waals surface area contributed by atoms with Crippen molar-refractivity contribution < 1.29 is 18.9 Å². The molecule has 1 heterocycles. The summed E-state index contributed by atoms with van der Waals surface area (Å²) >= 11 is 1.38. The molecule has 0 aliphatic heterocycles. The van der Waals surface area contributed by atoms with E-state index >= 15 is 0 Å². The van der Waals surface area contributed by atoms with Crippen LogP contribution in [0.5, 0.6) is 0 Å². The molecule has 2 N–H and O–H groups in total. The maximum Gasteiger partial charge on any atom is 0.286 e. The molecule has 0 saturated heterocycles. The van der Waals surface area contributed by atoms with Crippen molar-refractivity contribution in [1.29, 1.82) is 0 Å². The van der Waals surface area contributed by atoms with Crippen molar-refractivity contribution in [2.24, 2.45) is 5.92 Å². The molecule has 1 saturated carbocycles. The Kier molecular flexibility index (Phi) is 8.24. The van der Waals surface area contributed by atoms with E-state index in [2.05, 4.69) is 20.8 Å². The van der Waals surface area contributed by atoms with Crippen molar-refractivity contribution >= 4 is 29.4 Å². The number of carbonyl (C=O) groups excluding carboxylic acids is 3. The first-order valence-electron chi connectivity index (χ1n) is 10.3. The fourth-order valence-corrected chi connectivity index (χ4v) is 4.24. The van der Waals surface area contributed by atoms with Crippen molar-refractivity contribution in [2.45, 2.75) is 95.2 Å². The minimum Gasteiger partial charge on any atom is -0.344 e. The average Bonchev–Trinajstić information content (AvgIpc) is 3.08. The van der Waals surface area contributed by atoms with E-state index in [0.29, 0.717) is 24.5 Å². The van der Waals surface area contributed by atoms with Crippen LogP contribution in [0.4, 0.5) is 0 Å². The lowest BCUT2D eigenvalue weighted by Crippen LogP contribution is -2.61. The fraction of sp³-hybridized carbons (Fsp3) is 0.750. The molecule has 1 aromatic rings. The lowest BCUT2D eigenvalue weighted by atomic mass is 9.80. The first-order valence-corrected chi connectivity index (χ1v) is 11.1. The molecule has 0 aromatic carbocycles. The predicted octanol–water partition coefficient (Wildman–Crippen LogP) is 3.12. The molecule has 1 aromatic heterocycles. The minimum absolute atomic E-state index is 0.0312. The summed E-state index contributed by atoms with van der Waals surface area (Å²) in [5.41, 5.74) is -0.963. The fourth-order valence-electron chi connectivity index (χ4n) is 3.62. The second-order valence-corrected chi connectivity index (χ2v) is 9.92. The zero-order valence-corrected chi connectivity index (χ0v) is 18.7. The van der Waals surface area contributed by atoms with Gasteiger partial charge in [0.15, 0.2) is 0 Å². The molecule has 0 radical (unpaired) electrons. The first kappa shape index (κ1) is 23.4. The van der Waals surface area contributed by atoms with Crippen LogP contribution in [0.2, 0.25) is 0 Å². The number of nitrogens with one attached hydrogen (secondary N) is 2. The molecule has 0 spiro atoms. The highest BCUT2D eigenvalue weighted by molar-refractivity contribution is 7.99. The minimum atomic E-state index is -0.963. The van der Waals surface area contributed by atoms with Crippen molar-refractivity contribution in [3.8, 4) is 0 Å². The van der Waals surface area contributed by atoms with E-state index < -0.39 is 11.6 Å². The largest absolute Gasteiger partial charge is 0.344 e. The van der Waals surface area contributed by atoms with Gasteiger partial charge in [0.25, 0.3) is 5.22 Å². The maximum absolute atomic E-state index is 13.2. The van der Waals surface area contributed by atoms with E-state index in [1.165, 1.54) is 18.7 Å². The Morgan fingerprint density at radius 2 is 1.79 bits per heavy atom. The van der Waals surface area contributed by atoms with E-state index in [-0.39, 0.29) is 34.6 Å². The highest BCUT2D eigenvalue weighted by Crippen LogP contribution is 2.29. The van der Waals surface area contributed by atoms with Crippen LogP contribution in [-0.2, 0) is 9.59 Å².